The van der Waals surface area contributed by atoms with Gasteiger partial charge in [0.1, 0.15) is 5.25 Å². The normalized spacial score (nSPS) is 19.1. The summed E-state index contributed by atoms with van der Waals surface area (Å²) in [6, 6.07) is 14.9. The molecule has 1 heterocycles. The van der Waals surface area contributed by atoms with Gasteiger partial charge < -0.3 is 0 Å². The number of hydrogen-bond donors (Lipinski definition) is 0. The quantitative estimate of drug-likeness (QED) is 0.706. The number of amides is 1. The van der Waals surface area contributed by atoms with Crippen LogP contribution in [0.25, 0.3) is 0 Å². The highest BCUT2D eigenvalue weighted by molar-refractivity contribution is 8.15. The van der Waals surface area contributed by atoms with E-state index in [1.165, 1.54) is 35.2 Å². The lowest BCUT2D eigenvalue weighted by atomic mass is 10.1. The van der Waals surface area contributed by atoms with Crippen molar-refractivity contribution in [3.63, 3.8) is 0 Å². The van der Waals surface area contributed by atoms with Crippen LogP contribution in [-0.4, -0.2) is 30.9 Å². The van der Waals surface area contributed by atoms with E-state index in [2.05, 4.69) is 11.0 Å². The van der Waals surface area contributed by atoms with Crippen LogP contribution in [0.5, 0.6) is 0 Å². The molecule has 0 bridgehead atoms. The molecular formula is C18H15ClN2O3S2. The van der Waals surface area contributed by atoms with Crippen molar-refractivity contribution in [2.75, 3.05) is 6.54 Å². The maximum Gasteiger partial charge on any atom is 0.284 e. The SMILES string of the molecule is C=CCN1C(=O)C(c2ccccc2)S/C1=N/S(=O)(=O)c1ccc(Cl)cc1. The van der Waals surface area contributed by atoms with Crippen molar-refractivity contribution in [3.05, 3.63) is 77.8 Å². The summed E-state index contributed by atoms with van der Waals surface area (Å²) < 4.78 is 29.1. The van der Waals surface area contributed by atoms with Crippen LogP contribution in [0.1, 0.15) is 10.8 Å². The minimum atomic E-state index is -3.96. The Morgan fingerprint density at radius 3 is 2.42 bits per heavy atom. The van der Waals surface area contributed by atoms with Gasteiger partial charge in [0.05, 0.1) is 4.90 Å². The van der Waals surface area contributed by atoms with Crippen molar-refractivity contribution in [1.29, 1.82) is 0 Å². The molecule has 0 N–H and O–H groups in total. The fourth-order valence-electron chi connectivity index (χ4n) is 2.42. The van der Waals surface area contributed by atoms with Crippen molar-refractivity contribution >= 4 is 44.5 Å². The summed E-state index contributed by atoms with van der Waals surface area (Å²) in [5.41, 5.74) is 0.797. The Morgan fingerprint density at radius 2 is 1.81 bits per heavy atom. The van der Waals surface area contributed by atoms with Crippen LogP contribution in [-0.2, 0) is 14.8 Å². The minimum absolute atomic E-state index is 0.0177. The van der Waals surface area contributed by atoms with Crippen molar-refractivity contribution in [3.8, 4) is 0 Å². The zero-order valence-electron chi connectivity index (χ0n) is 13.6. The Labute approximate surface area is 161 Å². The number of hydrogen-bond acceptors (Lipinski definition) is 4. The second-order valence-electron chi connectivity index (χ2n) is 5.45. The van der Waals surface area contributed by atoms with Gasteiger partial charge in [0, 0.05) is 11.6 Å². The van der Waals surface area contributed by atoms with E-state index in [4.69, 9.17) is 11.6 Å². The van der Waals surface area contributed by atoms with Crippen LogP contribution in [0, 0.1) is 0 Å². The molecule has 5 nitrogen and oxygen atoms in total. The van der Waals surface area contributed by atoms with E-state index < -0.39 is 15.3 Å². The Balaban J connectivity index is 1.98. The Bertz CT molecular complexity index is 958. The molecule has 3 rings (SSSR count). The second kappa shape index (κ2) is 7.65. The molecular weight excluding hydrogens is 392 g/mol. The first-order valence-electron chi connectivity index (χ1n) is 7.67. The number of amidine groups is 1. The van der Waals surface area contributed by atoms with E-state index in [0.717, 1.165) is 17.3 Å². The number of carbonyl (C=O) groups is 1. The van der Waals surface area contributed by atoms with Gasteiger partial charge in [0.25, 0.3) is 10.0 Å². The highest BCUT2D eigenvalue weighted by Gasteiger charge is 2.39. The number of thioether (sulfide) groups is 1. The lowest BCUT2D eigenvalue weighted by Crippen LogP contribution is -2.30. The molecule has 1 aliphatic heterocycles. The number of rotatable bonds is 5. The summed E-state index contributed by atoms with van der Waals surface area (Å²) in [6.45, 7) is 3.82. The summed E-state index contributed by atoms with van der Waals surface area (Å²) in [6.07, 6.45) is 1.54. The monoisotopic (exact) mass is 406 g/mol. The van der Waals surface area contributed by atoms with Crippen LogP contribution in [0.15, 0.2) is 76.5 Å². The van der Waals surface area contributed by atoms with Crippen molar-refractivity contribution in [2.45, 2.75) is 10.1 Å². The summed E-state index contributed by atoms with van der Waals surface area (Å²) in [5, 5.41) is 0.0356. The van der Waals surface area contributed by atoms with Crippen LogP contribution in [0.4, 0.5) is 0 Å². The fourth-order valence-corrected chi connectivity index (χ4v) is 4.93. The van der Waals surface area contributed by atoms with Gasteiger partial charge in [-0.2, -0.15) is 8.42 Å². The number of sulfonamides is 1. The van der Waals surface area contributed by atoms with Crippen molar-refractivity contribution in [2.24, 2.45) is 4.40 Å². The van der Waals surface area contributed by atoms with E-state index in [9.17, 15) is 13.2 Å². The van der Waals surface area contributed by atoms with Gasteiger partial charge in [-0.1, -0.05) is 59.8 Å². The molecule has 1 aliphatic rings. The fraction of sp³-hybridized carbons (Fsp3) is 0.111. The summed E-state index contributed by atoms with van der Waals surface area (Å²) in [4.78, 5) is 14.1. The average Bonchev–Trinajstić information content (AvgIpc) is 2.92. The third-order valence-corrected chi connectivity index (χ3v) is 6.55. The molecule has 2 aromatic carbocycles. The van der Waals surface area contributed by atoms with Crippen LogP contribution >= 0.6 is 23.4 Å². The van der Waals surface area contributed by atoms with Gasteiger partial charge >= 0.3 is 0 Å². The van der Waals surface area contributed by atoms with Crippen LogP contribution < -0.4 is 0 Å². The van der Waals surface area contributed by atoms with E-state index in [-0.39, 0.29) is 22.5 Å². The molecule has 1 saturated heterocycles. The summed E-state index contributed by atoms with van der Waals surface area (Å²) in [5.74, 6) is -0.217. The molecule has 0 saturated carbocycles. The van der Waals surface area contributed by atoms with Gasteiger partial charge in [0.2, 0.25) is 5.91 Å². The minimum Gasteiger partial charge on any atom is -0.285 e. The van der Waals surface area contributed by atoms with Crippen molar-refractivity contribution < 1.29 is 13.2 Å². The lowest BCUT2D eigenvalue weighted by molar-refractivity contribution is -0.125. The molecule has 8 heteroatoms. The molecule has 26 heavy (non-hydrogen) atoms. The number of benzene rings is 2. The first kappa shape index (κ1) is 18.7. The van der Waals surface area contributed by atoms with E-state index in [0.29, 0.717) is 5.02 Å². The molecule has 134 valence electrons. The third-order valence-electron chi connectivity index (χ3n) is 3.67. The lowest BCUT2D eigenvalue weighted by Gasteiger charge is -2.13. The van der Waals surface area contributed by atoms with Crippen LogP contribution in [0.3, 0.4) is 0 Å². The van der Waals surface area contributed by atoms with Gasteiger partial charge in [-0.25, -0.2) is 0 Å². The number of halogens is 1. The average molecular weight is 407 g/mol. The van der Waals surface area contributed by atoms with Gasteiger partial charge in [-0.15, -0.1) is 11.0 Å². The van der Waals surface area contributed by atoms with Crippen molar-refractivity contribution in [1.82, 2.24) is 4.90 Å². The second-order valence-corrected chi connectivity index (χ2v) is 8.56. The first-order chi connectivity index (χ1) is 12.4. The predicted octanol–water partition coefficient (Wildman–Crippen LogP) is 3.89. The number of carbonyl (C=O) groups excluding carboxylic acids is 1. The van der Waals surface area contributed by atoms with Gasteiger partial charge in [-0.3, -0.25) is 9.69 Å². The molecule has 0 spiro atoms. The Hall–Kier alpha value is -2.09. The molecule has 0 radical (unpaired) electrons. The standard InChI is InChI=1S/C18H15ClN2O3S2/c1-2-12-21-17(22)16(13-6-4-3-5-7-13)25-18(21)20-26(23,24)15-10-8-14(19)9-11-15/h2-11,16H,1,12H2/b20-18+. The zero-order valence-corrected chi connectivity index (χ0v) is 16.0. The Kier molecular flexibility index (Phi) is 5.50. The highest BCUT2D eigenvalue weighted by atomic mass is 35.5. The highest BCUT2D eigenvalue weighted by Crippen LogP contribution is 2.40. The molecule has 0 aliphatic carbocycles. The molecule has 1 unspecified atom stereocenters. The largest absolute Gasteiger partial charge is 0.285 e. The topological polar surface area (TPSA) is 66.8 Å². The van der Waals surface area contributed by atoms with E-state index in [1.54, 1.807) is 0 Å². The maximum absolute atomic E-state index is 12.7. The predicted molar refractivity (Wildman–Crippen MR) is 105 cm³/mol. The Morgan fingerprint density at radius 1 is 1.15 bits per heavy atom. The molecule has 1 amide bonds. The zero-order chi connectivity index (χ0) is 18.7. The molecule has 1 atom stereocenters. The van der Waals surface area contributed by atoms with E-state index in [1.807, 2.05) is 30.3 Å². The first-order valence-corrected chi connectivity index (χ1v) is 10.4. The number of nitrogens with zero attached hydrogens (tertiary/aromatic N) is 2. The summed E-state index contributed by atoms with van der Waals surface area (Å²) in [7, 11) is -3.96. The molecule has 1 fully saturated rings. The van der Waals surface area contributed by atoms with E-state index >= 15 is 0 Å². The molecule has 2 aromatic rings. The summed E-state index contributed by atoms with van der Waals surface area (Å²) >= 11 is 6.92. The molecule has 0 aromatic heterocycles. The van der Waals surface area contributed by atoms with Gasteiger partial charge in [-0.05, 0) is 29.8 Å². The van der Waals surface area contributed by atoms with Crippen LogP contribution in [0.2, 0.25) is 5.02 Å². The van der Waals surface area contributed by atoms with Gasteiger partial charge in [0.15, 0.2) is 5.17 Å². The third kappa shape index (κ3) is 3.85. The smallest absolute Gasteiger partial charge is 0.284 e. The maximum atomic E-state index is 12.7.